The van der Waals surface area contributed by atoms with Crippen LogP contribution in [0.3, 0.4) is 0 Å². The molecular weight excluding hydrogens is 292 g/mol. The van der Waals surface area contributed by atoms with Crippen LogP contribution >= 0.6 is 0 Å². The van der Waals surface area contributed by atoms with Gasteiger partial charge in [0.1, 0.15) is 0 Å². The van der Waals surface area contributed by atoms with Gasteiger partial charge in [-0.05, 0) is 88.4 Å². The average molecular weight is 333 g/mol. The zero-order valence-corrected chi connectivity index (χ0v) is 16.2. The van der Waals surface area contributed by atoms with Crippen molar-refractivity contribution in [3.8, 4) is 0 Å². The summed E-state index contributed by atoms with van der Waals surface area (Å²) >= 11 is 0. The Morgan fingerprint density at radius 1 is 0.792 bits per heavy atom. The largest absolute Gasteiger partial charge is 0.377 e. The topological polar surface area (TPSA) is 9.23 Å². The van der Waals surface area contributed by atoms with Gasteiger partial charge in [0.05, 0.1) is 6.61 Å². The first-order chi connectivity index (χ1) is 11.8. The molecule has 0 heterocycles. The lowest BCUT2D eigenvalue weighted by atomic mass is 9.69. The van der Waals surface area contributed by atoms with Crippen LogP contribution in [0.4, 0.5) is 0 Å². The summed E-state index contributed by atoms with van der Waals surface area (Å²) in [5, 5.41) is 0. The van der Waals surface area contributed by atoms with Crippen LogP contribution in [0.5, 0.6) is 0 Å². The first-order valence-corrected chi connectivity index (χ1v) is 10.7. The van der Waals surface area contributed by atoms with E-state index in [-0.39, 0.29) is 0 Å². The highest BCUT2D eigenvalue weighted by atomic mass is 16.5. The molecule has 0 unspecified atom stereocenters. The normalized spacial score (nSPS) is 31.9. The van der Waals surface area contributed by atoms with E-state index in [0.29, 0.717) is 0 Å². The molecule has 2 rings (SSSR count). The van der Waals surface area contributed by atoms with E-state index in [1.807, 2.05) is 0 Å². The summed E-state index contributed by atoms with van der Waals surface area (Å²) in [6.07, 6.45) is 24.6. The molecule has 0 amide bonds. The van der Waals surface area contributed by atoms with Crippen molar-refractivity contribution in [3.63, 3.8) is 0 Å². The van der Waals surface area contributed by atoms with Gasteiger partial charge in [-0.1, -0.05) is 44.1 Å². The Bertz CT molecular complexity index is 354. The van der Waals surface area contributed by atoms with Crippen molar-refractivity contribution in [2.45, 2.75) is 84.5 Å². The summed E-state index contributed by atoms with van der Waals surface area (Å²) in [6.45, 7) is 6.07. The second kappa shape index (κ2) is 11.9. The van der Waals surface area contributed by atoms with Gasteiger partial charge in [-0.2, -0.15) is 0 Å². The lowest BCUT2D eigenvalue weighted by Gasteiger charge is -2.37. The van der Waals surface area contributed by atoms with Crippen molar-refractivity contribution in [2.75, 3.05) is 13.2 Å². The molecule has 0 spiro atoms. The number of hydrogen-bond donors (Lipinski definition) is 0. The summed E-state index contributed by atoms with van der Waals surface area (Å²) in [5.74, 6) is 3.90. The van der Waals surface area contributed by atoms with Crippen LogP contribution < -0.4 is 0 Å². The Morgan fingerprint density at radius 2 is 1.42 bits per heavy atom. The van der Waals surface area contributed by atoms with Crippen molar-refractivity contribution in [1.29, 1.82) is 0 Å². The minimum absolute atomic E-state index is 0.799. The van der Waals surface area contributed by atoms with E-state index in [2.05, 4.69) is 38.2 Å². The molecule has 1 nitrogen and oxygen atoms in total. The van der Waals surface area contributed by atoms with Crippen molar-refractivity contribution in [3.05, 3.63) is 24.3 Å². The molecule has 0 aromatic rings. The molecule has 0 radical (unpaired) electrons. The van der Waals surface area contributed by atoms with Gasteiger partial charge in [-0.3, -0.25) is 0 Å². The van der Waals surface area contributed by atoms with E-state index in [9.17, 15) is 0 Å². The van der Waals surface area contributed by atoms with E-state index in [4.69, 9.17) is 4.74 Å². The van der Waals surface area contributed by atoms with Crippen LogP contribution in [-0.2, 0) is 4.74 Å². The molecule has 0 aromatic heterocycles. The van der Waals surface area contributed by atoms with Crippen LogP contribution in [-0.4, -0.2) is 13.2 Å². The minimum atomic E-state index is 0.799. The van der Waals surface area contributed by atoms with Crippen LogP contribution in [0.2, 0.25) is 0 Å². The lowest BCUT2D eigenvalue weighted by molar-refractivity contribution is 0.0780. The minimum Gasteiger partial charge on any atom is -0.377 e. The molecule has 0 atom stereocenters. The summed E-state index contributed by atoms with van der Waals surface area (Å²) in [6, 6.07) is 0. The van der Waals surface area contributed by atoms with Crippen molar-refractivity contribution in [1.82, 2.24) is 0 Å². The number of hydrogen-bond acceptors (Lipinski definition) is 1. The van der Waals surface area contributed by atoms with Gasteiger partial charge < -0.3 is 4.74 Å². The highest BCUT2D eigenvalue weighted by molar-refractivity contribution is 4.85. The maximum absolute atomic E-state index is 5.77. The fourth-order valence-electron chi connectivity index (χ4n) is 4.79. The van der Waals surface area contributed by atoms with Crippen molar-refractivity contribution < 1.29 is 4.74 Å². The maximum Gasteiger partial charge on any atom is 0.0647 e. The first-order valence-electron chi connectivity index (χ1n) is 10.7. The third-order valence-corrected chi connectivity index (χ3v) is 6.40. The van der Waals surface area contributed by atoms with E-state index < -0.39 is 0 Å². The quantitative estimate of drug-likeness (QED) is 0.328. The molecule has 0 N–H and O–H groups in total. The Hall–Kier alpha value is -0.560. The molecule has 0 aliphatic heterocycles. The fraction of sp³-hybridized carbons (Fsp3) is 0.826. The van der Waals surface area contributed by atoms with E-state index in [0.717, 1.165) is 36.9 Å². The number of allylic oxidation sites excluding steroid dienone is 3. The van der Waals surface area contributed by atoms with Crippen LogP contribution in [0.1, 0.15) is 84.5 Å². The monoisotopic (exact) mass is 332 g/mol. The van der Waals surface area contributed by atoms with Gasteiger partial charge in [-0.25, -0.2) is 0 Å². The van der Waals surface area contributed by atoms with Gasteiger partial charge in [-0.15, -0.1) is 0 Å². The lowest BCUT2D eigenvalue weighted by Crippen LogP contribution is -2.27. The Morgan fingerprint density at radius 3 is 2.00 bits per heavy atom. The predicted octanol–water partition coefficient (Wildman–Crippen LogP) is 6.94. The molecule has 2 aliphatic carbocycles. The SMILES string of the molecule is C/C=C\COCC1CCC([C@H]2CC[C@H](CC/C=C/CC)CC2)CC1. The third kappa shape index (κ3) is 7.13. The number of ether oxygens (including phenoxy) is 1. The van der Waals surface area contributed by atoms with E-state index in [1.54, 1.807) is 0 Å². The van der Waals surface area contributed by atoms with Gasteiger partial charge in [0.2, 0.25) is 0 Å². The Labute approximate surface area is 150 Å². The average Bonchev–Trinajstić information content (AvgIpc) is 2.64. The molecule has 2 aliphatic rings. The Balaban J connectivity index is 1.57. The van der Waals surface area contributed by atoms with Crippen molar-refractivity contribution >= 4 is 0 Å². The van der Waals surface area contributed by atoms with E-state index in [1.165, 1.54) is 70.6 Å². The van der Waals surface area contributed by atoms with Gasteiger partial charge in [0.15, 0.2) is 0 Å². The fourth-order valence-corrected chi connectivity index (χ4v) is 4.79. The predicted molar refractivity (Wildman–Crippen MR) is 105 cm³/mol. The summed E-state index contributed by atoms with van der Waals surface area (Å²) in [5.41, 5.74) is 0. The Kier molecular flexibility index (Phi) is 9.80. The molecule has 0 saturated heterocycles. The molecule has 0 aromatic carbocycles. The molecule has 2 saturated carbocycles. The van der Waals surface area contributed by atoms with Gasteiger partial charge in [0, 0.05) is 6.61 Å². The maximum atomic E-state index is 5.77. The second-order valence-electron chi connectivity index (χ2n) is 8.13. The van der Waals surface area contributed by atoms with Crippen LogP contribution in [0.15, 0.2) is 24.3 Å². The molecule has 2 fully saturated rings. The third-order valence-electron chi connectivity index (χ3n) is 6.40. The molecular formula is C23H40O. The molecule has 138 valence electrons. The smallest absolute Gasteiger partial charge is 0.0647 e. The zero-order valence-electron chi connectivity index (χ0n) is 16.2. The molecule has 1 heteroatoms. The van der Waals surface area contributed by atoms with Gasteiger partial charge in [0.25, 0.3) is 0 Å². The highest BCUT2D eigenvalue weighted by Crippen LogP contribution is 2.42. The van der Waals surface area contributed by atoms with Crippen molar-refractivity contribution in [2.24, 2.45) is 23.7 Å². The number of rotatable bonds is 9. The zero-order chi connectivity index (χ0) is 17.0. The summed E-state index contributed by atoms with van der Waals surface area (Å²) in [7, 11) is 0. The molecule has 24 heavy (non-hydrogen) atoms. The van der Waals surface area contributed by atoms with Gasteiger partial charge >= 0.3 is 0 Å². The van der Waals surface area contributed by atoms with Crippen LogP contribution in [0.25, 0.3) is 0 Å². The second-order valence-corrected chi connectivity index (χ2v) is 8.13. The first kappa shape index (κ1) is 19.8. The summed E-state index contributed by atoms with van der Waals surface area (Å²) in [4.78, 5) is 0. The highest BCUT2D eigenvalue weighted by Gasteiger charge is 2.30. The molecule has 0 bridgehead atoms. The standard InChI is InChI=1S/C23H40O/c1-3-5-7-8-9-20-10-14-22(15-11-20)23-16-12-21(13-17-23)19-24-18-6-4-2/h4-7,20-23H,3,8-19H2,1-2H3/b6-4-,7-5+/t20-,21?,22-,23?. The summed E-state index contributed by atoms with van der Waals surface area (Å²) < 4.78 is 5.77. The van der Waals surface area contributed by atoms with E-state index >= 15 is 0 Å². The van der Waals surface area contributed by atoms with Crippen LogP contribution in [0, 0.1) is 23.7 Å².